The Bertz CT molecular complexity index is 301. The molecule has 0 N–H and O–H groups in total. The van der Waals surface area contributed by atoms with E-state index >= 15 is 0 Å². The summed E-state index contributed by atoms with van der Waals surface area (Å²) < 4.78 is 5.07. The van der Waals surface area contributed by atoms with E-state index in [1.165, 1.54) is 0 Å². The van der Waals surface area contributed by atoms with Crippen LogP contribution in [0, 0.1) is 6.07 Å². The molecule has 0 fully saturated rings. The molecule has 1 amide bonds. The van der Waals surface area contributed by atoms with Gasteiger partial charge in [-0.15, -0.1) is 6.07 Å². The zero-order valence-corrected chi connectivity index (χ0v) is 11.6. The van der Waals surface area contributed by atoms with Crippen LogP contribution in [0.3, 0.4) is 0 Å². The number of ether oxygens (including phenoxy) is 1. The molecule has 2 rings (SSSR count). The van der Waals surface area contributed by atoms with Crippen LogP contribution in [0.5, 0.6) is 5.75 Å². The summed E-state index contributed by atoms with van der Waals surface area (Å²) in [6.45, 7) is 0.0526. The zero-order chi connectivity index (χ0) is 7.68. The van der Waals surface area contributed by atoms with Crippen LogP contribution in [0.1, 0.15) is 0 Å². The van der Waals surface area contributed by atoms with Gasteiger partial charge in [-0.25, -0.2) is 5.69 Å². The quantitative estimate of drug-likeness (QED) is 0.507. The molecule has 0 saturated carbocycles. The van der Waals surface area contributed by atoms with E-state index in [1.54, 1.807) is 18.2 Å². The van der Waals surface area contributed by atoms with E-state index in [1.807, 2.05) is 0 Å². The van der Waals surface area contributed by atoms with Gasteiger partial charge in [0, 0.05) is 0 Å². The molecule has 0 bridgehead atoms. The minimum atomic E-state index is -0.239. The molecule has 0 atom stereocenters. The first kappa shape index (κ1) is 10.4. The summed E-state index contributed by atoms with van der Waals surface area (Å²) in [5.41, 5.74) is 0.573. The molecule has 56 valence electrons. The molecule has 1 aliphatic heterocycles. The van der Waals surface area contributed by atoms with Crippen molar-refractivity contribution in [2.75, 3.05) is 6.61 Å². The minimum absolute atomic E-state index is 0. The Morgan fingerprint density at radius 2 is 2.42 bits per heavy atom. The van der Waals surface area contributed by atoms with Gasteiger partial charge < -0.3 is 14.8 Å². The fraction of sp³-hybridized carbons (Fsp3) is 0.125. The predicted octanol–water partition coefficient (Wildman–Crippen LogP) is -1.59. The standard InChI is InChI=1S/C8H6NO2.Rb/c10-8-5-11-7-4-2-1-3-6(7)9-8;/h2-4H,5H2,(H,9,10);/q-1;+1/p-1. The van der Waals surface area contributed by atoms with Crippen molar-refractivity contribution in [2.45, 2.75) is 0 Å². The van der Waals surface area contributed by atoms with Gasteiger partial charge in [-0.1, -0.05) is 0 Å². The van der Waals surface area contributed by atoms with Gasteiger partial charge in [-0.2, -0.15) is 18.2 Å². The molecular weight excluding hydrogens is 228 g/mol. The van der Waals surface area contributed by atoms with E-state index in [-0.39, 0.29) is 70.7 Å². The summed E-state index contributed by atoms with van der Waals surface area (Å²) >= 11 is 0. The number of fused-ring (bicyclic) bond motifs is 1. The summed E-state index contributed by atoms with van der Waals surface area (Å²) in [5.74, 6) is 0.417. The summed E-state index contributed by atoms with van der Waals surface area (Å²) in [7, 11) is 0. The van der Waals surface area contributed by atoms with E-state index < -0.39 is 0 Å². The number of hydrogen-bond donors (Lipinski definition) is 0. The number of nitrogens with zero attached hydrogens (tertiary/aromatic N) is 1. The summed E-state index contributed by atoms with van der Waals surface area (Å²) in [4.78, 5) is 10.7. The fourth-order valence-corrected chi connectivity index (χ4v) is 0.923. The van der Waals surface area contributed by atoms with Crippen LogP contribution in [0.15, 0.2) is 18.2 Å². The fourth-order valence-electron chi connectivity index (χ4n) is 0.923. The number of amides is 1. The number of rotatable bonds is 0. The topological polar surface area (TPSA) is 40.4 Å². The Labute approximate surface area is 119 Å². The Morgan fingerprint density at radius 3 is 3.25 bits per heavy atom. The third-order valence-electron chi connectivity index (χ3n) is 1.40. The third kappa shape index (κ3) is 2.16. The molecule has 0 radical (unpaired) electrons. The molecule has 1 aromatic carbocycles. The van der Waals surface area contributed by atoms with Crippen LogP contribution in [-0.4, -0.2) is 12.5 Å². The van der Waals surface area contributed by atoms with Crippen LogP contribution in [-0.2, 0) is 4.79 Å². The van der Waals surface area contributed by atoms with Crippen molar-refractivity contribution in [2.24, 2.45) is 0 Å². The number of carbonyl (C=O) groups is 1. The first-order valence-corrected chi connectivity index (χ1v) is 3.24. The second-order valence-electron chi connectivity index (χ2n) is 2.19. The molecule has 0 aliphatic carbocycles. The van der Waals surface area contributed by atoms with Gasteiger partial charge in [0.15, 0.2) is 0 Å². The molecule has 12 heavy (non-hydrogen) atoms. The monoisotopic (exact) mass is 232 g/mol. The van der Waals surface area contributed by atoms with Crippen LogP contribution in [0.4, 0.5) is 5.69 Å². The Hall–Kier alpha value is 0.295. The molecule has 1 aromatic rings. The van der Waals surface area contributed by atoms with E-state index in [4.69, 9.17) is 4.74 Å². The SMILES string of the molecule is O=C1COc2cc[c-]cc2[N-]1.[Rb+]. The molecule has 0 spiro atoms. The predicted molar refractivity (Wildman–Crippen MR) is 38.8 cm³/mol. The van der Waals surface area contributed by atoms with Gasteiger partial charge in [-0.3, -0.25) is 0 Å². The Kier molecular flexibility index (Phi) is 3.90. The van der Waals surface area contributed by atoms with Gasteiger partial charge in [-0.05, 0) is 5.75 Å². The van der Waals surface area contributed by atoms with Crippen molar-refractivity contribution in [3.8, 4) is 5.75 Å². The molecule has 1 heterocycles. The smallest absolute Gasteiger partial charge is 0.679 e. The molecule has 0 unspecified atom stereocenters. The van der Waals surface area contributed by atoms with Gasteiger partial charge in [0.05, 0.1) is 5.91 Å². The summed E-state index contributed by atoms with van der Waals surface area (Å²) in [6, 6.07) is 7.91. The van der Waals surface area contributed by atoms with Gasteiger partial charge in [0.1, 0.15) is 6.61 Å². The van der Waals surface area contributed by atoms with Gasteiger partial charge in [0.2, 0.25) is 0 Å². The van der Waals surface area contributed by atoms with Crippen LogP contribution < -0.4 is 62.9 Å². The van der Waals surface area contributed by atoms with Crippen LogP contribution in [0.2, 0.25) is 0 Å². The van der Waals surface area contributed by atoms with Crippen LogP contribution in [0.25, 0.3) is 5.32 Å². The molecule has 4 heteroatoms. The summed E-state index contributed by atoms with van der Waals surface area (Å²) in [5, 5.41) is 3.75. The average Bonchev–Trinajstić information content (AvgIpc) is 2.04. The molecular formula is C8H5NO2Rb-. The first-order chi connectivity index (χ1) is 5.36. The van der Waals surface area contributed by atoms with Crippen molar-refractivity contribution >= 4 is 11.6 Å². The van der Waals surface area contributed by atoms with Gasteiger partial charge in [0.25, 0.3) is 0 Å². The number of carbonyl (C=O) groups excluding carboxylic acids is 1. The molecule has 0 aromatic heterocycles. The molecule has 0 saturated heterocycles. The normalized spacial score (nSPS) is 13.5. The molecule has 3 nitrogen and oxygen atoms in total. The van der Waals surface area contributed by atoms with Gasteiger partial charge >= 0.3 is 58.2 Å². The zero-order valence-electron chi connectivity index (χ0n) is 6.70. The first-order valence-electron chi connectivity index (χ1n) is 3.24. The van der Waals surface area contributed by atoms with Crippen molar-refractivity contribution < 1.29 is 67.7 Å². The van der Waals surface area contributed by atoms with E-state index in [2.05, 4.69) is 11.4 Å². The van der Waals surface area contributed by atoms with Crippen LogP contribution >= 0.6 is 0 Å². The largest absolute Gasteiger partial charge is 1.00 e. The van der Waals surface area contributed by atoms with Crippen molar-refractivity contribution in [1.29, 1.82) is 0 Å². The minimum Gasteiger partial charge on any atom is -0.679 e. The second kappa shape index (κ2) is 4.51. The average molecular weight is 233 g/mol. The maximum Gasteiger partial charge on any atom is 1.00 e. The van der Waals surface area contributed by atoms with Crippen molar-refractivity contribution in [1.82, 2.24) is 0 Å². The van der Waals surface area contributed by atoms with E-state index in [0.717, 1.165) is 0 Å². The number of benzene rings is 1. The maximum atomic E-state index is 10.7. The van der Waals surface area contributed by atoms with E-state index in [9.17, 15) is 4.79 Å². The maximum absolute atomic E-state index is 10.7. The van der Waals surface area contributed by atoms with Crippen molar-refractivity contribution in [3.63, 3.8) is 0 Å². The summed E-state index contributed by atoms with van der Waals surface area (Å²) in [6.07, 6.45) is 0. The second-order valence-corrected chi connectivity index (χ2v) is 2.19. The Morgan fingerprint density at radius 1 is 1.58 bits per heavy atom. The van der Waals surface area contributed by atoms with Crippen molar-refractivity contribution in [3.05, 3.63) is 29.6 Å². The third-order valence-corrected chi connectivity index (χ3v) is 1.40. The van der Waals surface area contributed by atoms with E-state index in [0.29, 0.717) is 11.4 Å². The number of hydrogen-bond acceptors (Lipinski definition) is 2. The molecule has 1 aliphatic rings. The Balaban J connectivity index is 0.000000720.